The van der Waals surface area contributed by atoms with Gasteiger partial charge in [-0.15, -0.1) is 0 Å². The minimum absolute atomic E-state index is 0.0144. The molecule has 0 spiro atoms. The van der Waals surface area contributed by atoms with Crippen LogP contribution in [-0.2, 0) is 9.59 Å². The second-order valence-corrected chi connectivity index (χ2v) is 5.30. The molecule has 0 aromatic heterocycles. The number of carbonyl (C=O) groups is 2. The van der Waals surface area contributed by atoms with E-state index >= 15 is 0 Å². The van der Waals surface area contributed by atoms with E-state index in [4.69, 9.17) is 0 Å². The van der Waals surface area contributed by atoms with Crippen molar-refractivity contribution in [3.8, 4) is 0 Å². The number of nitrogens with zero attached hydrogens (tertiary/aromatic N) is 1. The number of nitrogens with one attached hydrogen (secondary N) is 1. The van der Waals surface area contributed by atoms with Gasteiger partial charge in [0.25, 0.3) is 0 Å². The van der Waals surface area contributed by atoms with Crippen LogP contribution in [-0.4, -0.2) is 36.3 Å². The normalized spacial score (nSPS) is 16.7. The molecule has 4 nitrogen and oxygen atoms in total. The minimum Gasteiger partial charge on any atom is -0.356 e. The maximum absolute atomic E-state index is 11.9. The van der Waals surface area contributed by atoms with Crippen LogP contribution in [0, 0.1) is 5.92 Å². The summed E-state index contributed by atoms with van der Waals surface area (Å²) in [6, 6.07) is 0. The van der Waals surface area contributed by atoms with E-state index in [-0.39, 0.29) is 18.2 Å². The molecule has 0 bridgehead atoms. The van der Waals surface area contributed by atoms with Gasteiger partial charge in [-0.1, -0.05) is 26.7 Å². The Morgan fingerprint density at radius 1 is 1.22 bits per heavy atom. The van der Waals surface area contributed by atoms with Crippen LogP contribution in [0.1, 0.15) is 52.4 Å². The van der Waals surface area contributed by atoms with Crippen LogP contribution < -0.4 is 5.32 Å². The Labute approximate surface area is 110 Å². The number of rotatable bonds is 6. The van der Waals surface area contributed by atoms with E-state index in [0.29, 0.717) is 12.5 Å². The van der Waals surface area contributed by atoms with Gasteiger partial charge in [0.1, 0.15) is 6.42 Å². The van der Waals surface area contributed by atoms with Crippen LogP contribution in [0.25, 0.3) is 0 Å². The first-order chi connectivity index (χ1) is 8.63. The second-order valence-electron chi connectivity index (χ2n) is 5.30. The van der Waals surface area contributed by atoms with Crippen LogP contribution in [0.4, 0.5) is 0 Å². The van der Waals surface area contributed by atoms with E-state index in [0.717, 1.165) is 45.2 Å². The fourth-order valence-corrected chi connectivity index (χ4v) is 2.17. The van der Waals surface area contributed by atoms with Gasteiger partial charge in [0.05, 0.1) is 0 Å². The molecule has 0 unspecified atom stereocenters. The van der Waals surface area contributed by atoms with Gasteiger partial charge in [-0.25, -0.2) is 0 Å². The summed E-state index contributed by atoms with van der Waals surface area (Å²) >= 11 is 0. The molecule has 4 heteroatoms. The zero-order valence-electron chi connectivity index (χ0n) is 11.7. The van der Waals surface area contributed by atoms with Crippen molar-refractivity contribution in [1.29, 1.82) is 0 Å². The van der Waals surface area contributed by atoms with Gasteiger partial charge >= 0.3 is 0 Å². The lowest BCUT2D eigenvalue weighted by Crippen LogP contribution is -2.40. The number of likely N-dealkylation sites (tertiary alicyclic amines) is 1. The average Bonchev–Trinajstić information content (AvgIpc) is 2.35. The number of hydrogen-bond acceptors (Lipinski definition) is 2. The van der Waals surface area contributed by atoms with Gasteiger partial charge in [0, 0.05) is 19.6 Å². The minimum atomic E-state index is -0.130. The highest BCUT2D eigenvalue weighted by atomic mass is 16.2. The Kier molecular flexibility index (Phi) is 6.76. The lowest BCUT2D eigenvalue weighted by atomic mass is 9.99. The SMILES string of the molecule is CCCCCNC(=O)CC(=O)N1CCC(C)CC1. The predicted molar refractivity (Wildman–Crippen MR) is 72.1 cm³/mol. The third-order valence-electron chi connectivity index (χ3n) is 3.55. The summed E-state index contributed by atoms with van der Waals surface area (Å²) in [7, 11) is 0. The highest BCUT2D eigenvalue weighted by molar-refractivity contribution is 5.96. The molecule has 18 heavy (non-hydrogen) atoms. The highest BCUT2D eigenvalue weighted by Gasteiger charge is 2.21. The standard InChI is InChI=1S/C14H26N2O2/c1-3-4-5-8-15-13(17)11-14(18)16-9-6-12(2)7-10-16/h12H,3-11H2,1-2H3,(H,15,17). The fraction of sp³-hybridized carbons (Fsp3) is 0.857. The van der Waals surface area contributed by atoms with E-state index in [9.17, 15) is 9.59 Å². The van der Waals surface area contributed by atoms with Gasteiger partial charge in [0.2, 0.25) is 11.8 Å². The summed E-state index contributed by atoms with van der Waals surface area (Å²) in [5.41, 5.74) is 0. The molecular weight excluding hydrogens is 228 g/mol. The first-order valence-electron chi connectivity index (χ1n) is 7.18. The number of piperidine rings is 1. The monoisotopic (exact) mass is 254 g/mol. The molecule has 0 aliphatic carbocycles. The Balaban J connectivity index is 2.17. The molecule has 1 N–H and O–H groups in total. The van der Waals surface area contributed by atoms with Crippen molar-refractivity contribution in [3.05, 3.63) is 0 Å². The van der Waals surface area contributed by atoms with Crippen molar-refractivity contribution in [1.82, 2.24) is 10.2 Å². The first kappa shape index (κ1) is 15.0. The largest absolute Gasteiger partial charge is 0.356 e. The number of unbranched alkanes of at least 4 members (excludes halogenated alkanes) is 2. The Morgan fingerprint density at radius 3 is 2.50 bits per heavy atom. The Morgan fingerprint density at radius 2 is 1.89 bits per heavy atom. The summed E-state index contributed by atoms with van der Waals surface area (Å²) in [5.74, 6) is 0.557. The van der Waals surface area contributed by atoms with E-state index < -0.39 is 0 Å². The molecule has 2 amide bonds. The maximum atomic E-state index is 11.9. The molecule has 1 fully saturated rings. The molecule has 104 valence electrons. The van der Waals surface area contributed by atoms with Crippen molar-refractivity contribution in [2.24, 2.45) is 5.92 Å². The van der Waals surface area contributed by atoms with E-state index in [1.165, 1.54) is 0 Å². The maximum Gasteiger partial charge on any atom is 0.232 e. The van der Waals surface area contributed by atoms with Crippen molar-refractivity contribution in [3.63, 3.8) is 0 Å². The third kappa shape index (κ3) is 5.52. The van der Waals surface area contributed by atoms with Gasteiger partial charge in [-0.05, 0) is 25.2 Å². The third-order valence-corrected chi connectivity index (χ3v) is 3.55. The Bertz CT molecular complexity index is 271. The zero-order chi connectivity index (χ0) is 13.4. The summed E-state index contributed by atoms with van der Waals surface area (Å²) in [4.78, 5) is 25.3. The molecule has 1 heterocycles. The zero-order valence-corrected chi connectivity index (χ0v) is 11.7. The fourth-order valence-electron chi connectivity index (χ4n) is 2.17. The lowest BCUT2D eigenvalue weighted by molar-refractivity contribution is -0.137. The van der Waals surface area contributed by atoms with Crippen molar-refractivity contribution in [2.75, 3.05) is 19.6 Å². The smallest absolute Gasteiger partial charge is 0.232 e. The van der Waals surface area contributed by atoms with Gasteiger partial charge in [-0.2, -0.15) is 0 Å². The van der Waals surface area contributed by atoms with Gasteiger partial charge in [0.15, 0.2) is 0 Å². The molecular formula is C14H26N2O2. The first-order valence-corrected chi connectivity index (χ1v) is 7.18. The summed E-state index contributed by atoms with van der Waals surface area (Å²) in [6.45, 7) is 6.65. The Hall–Kier alpha value is -1.06. The van der Waals surface area contributed by atoms with Crippen LogP contribution in [0.5, 0.6) is 0 Å². The van der Waals surface area contributed by atoms with Crippen molar-refractivity contribution in [2.45, 2.75) is 52.4 Å². The van der Waals surface area contributed by atoms with Gasteiger partial charge in [-0.3, -0.25) is 9.59 Å². The van der Waals surface area contributed by atoms with E-state index in [2.05, 4.69) is 19.2 Å². The number of carbonyl (C=O) groups excluding carboxylic acids is 2. The van der Waals surface area contributed by atoms with Gasteiger partial charge < -0.3 is 10.2 Å². The molecule has 1 rings (SSSR count). The van der Waals surface area contributed by atoms with Crippen LogP contribution in [0.2, 0.25) is 0 Å². The summed E-state index contributed by atoms with van der Waals surface area (Å²) < 4.78 is 0. The van der Waals surface area contributed by atoms with Crippen molar-refractivity contribution >= 4 is 11.8 Å². The molecule has 0 atom stereocenters. The van der Waals surface area contributed by atoms with Crippen molar-refractivity contribution < 1.29 is 9.59 Å². The van der Waals surface area contributed by atoms with Crippen LogP contribution in [0.3, 0.4) is 0 Å². The topological polar surface area (TPSA) is 49.4 Å². The molecule has 1 aliphatic heterocycles. The lowest BCUT2D eigenvalue weighted by Gasteiger charge is -2.30. The second kappa shape index (κ2) is 8.11. The van der Waals surface area contributed by atoms with Crippen LogP contribution in [0.15, 0.2) is 0 Å². The molecule has 0 saturated carbocycles. The molecule has 1 aliphatic rings. The molecule has 1 saturated heterocycles. The van der Waals surface area contributed by atoms with Crippen LogP contribution >= 0.6 is 0 Å². The van der Waals surface area contributed by atoms with E-state index in [1.807, 2.05) is 4.90 Å². The number of amides is 2. The molecule has 0 aromatic rings. The molecule has 0 radical (unpaired) electrons. The average molecular weight is 254 g/mol. The predicted octanol–water partition coefficient (Wildman–Crippen LogP) is 1.94. The highest BCUT2D eigenvalue weighted by Crippen LogP contribution is 2.16. The number of hydrogen-bond donors (Lipinski definition) is 1. The van der Waals surface area contributed by atoms with E-state index in [1.54, 1.807) is 0 Å². The quantitative estimate of drug-likeness (QED) is 0.582. The summed E-state index contributed by atoms with van der Waals surface area (Å²) in [6.07, 6.45) is 5.39. The summed E-state index contributed by atoms with van der Waals surface area (Å²) in [5, 5.41) is 2.81. The molecule has 0 aromatic carbocycles.